The number of aliphatic hydroxyl groups excluding tert-OH is 1. The monoisotopic (exact) mass is 298 g/mol. The Morgan fingerprint density at radius 3 is 2.14 bits per heavy atom. The molecule has 0 aliphatic carbocycles. The molecule has 2 unspecified atom stereocenters. The zero-order chi connectivity index (χ0) is 16.2. The highest BCUT2D eigenvalue weighted by Crippen LogP contribution is 2.24. The highest BCUT2D eigenvalue weighted by molar-refractivity contribution is 5.29. The lowest BCUT2D eigenvalue weighted by Crippen LogP contribution is -2.24. The SMILES string of the molecule is CC(NCC(O)c1ccncc1)c1ccc(C(C)(C)C)cc1. The number of nitrogens with zero attached hydrogens (tertiary/aromatic N) is 1. The molecule has 0 fully saturated rings. The van der Waals surface area contributed by atoms with Crippen molar-refractivity contribution in [2.45, 2.75) is 45.3 Å². The Kier molecular flexibility index (Phi) is 5.33. The van der Waals surface area contributed by atoms with E-state index >= 15 is 0 Å². The van der Waals surface area contributed by atoms with Crippen molar-refractivity contribution in [3.63, 3.8) is 0 Å². The van der Waals surface area contributed by atoms with Gasteiger partial charge in [-0.05, 0) is 41.2 Å². The van der Waals surface area contributed by atoms with Crippen molar-refractivity contribution in [2.24, 2.45) is 0 Å². The van der Waals surface area contributed by atoms with Crippen LogP contribution in [0.2, 0.25) is 0 Å². The summed E-state index contributed by atoms with van der Waals surface area (Å²) in [6.07, 6.45) is 2.89. The fourth-order valence-electron chi connectivity index (χ4n) is 2.38. The van der Waals surface area contributed by atoms with E-state index in [4.69, 9.17) is 0 Å². The van der Waals surface area contributed by atoms with Crippen molar-refractivity contribution in [1.82, 2.24) is 10.3 Å². The molecule has 0 bridgehead atoms. The van der Waals surface area contributed by atoms with E-state index in [0.717, 1.165) is 5.56 Å². The minimum atomic E-state index is -0.515. The Balaban J connectivity index is 1.93. The van der Waals surface area contributed by atoms with Crippen LogP contribution in [0.3, 0.4) is 0 Å². The minimum Gasteiger partial charge on any atom is -0.387 e. The van der Waals surface area contributed by atoms with Gasteiger partial charge in [0.2, 0.25) is 0 Å². The Hall–Kier alpha value is -1.71. The van der Waals surface area contributed by atoms with Crippen molar-refractivity contribution in [1.29, 1.82) is 0 Å². The quantitative estimate of drug-likeness (QED) is 0.883. The van der Waals surface area contributed by atoms with Crippen LogP contribution in [0.4, 0.5) is 0 Å². The predicted molar refractivity (Wildman–Crippen MR) is 90.8 cm³/mol. The third kappa shape index (κ3) is 4.39. The number of aromatic nitrogens is 1. The molecule has 0 aliphatic heterocycles. The molecule has 1 aromatic carbocycles. The summed E-state index contributed by atoms with van der Waals surface area (Å²) in [6.45, 7) is 9.29. The van der Waals surface area contributed by atoms with Gasteiger partial charge in [0, 0.05) is 25.0 Å². The summed E-state index contributed by atoms with van der Waals surface area (Å²) in [6, 6.07) is 12.6. The molecule has 3 heteroatoms. The van der Waals surface area contributed by atoms with Crippen molar-refractivity contribution in [3.05, 3.63) is 65.5 Å². The van der Waals surface area contributed by atoms with Crippen LogP contribution in [-0.4, -0.2) is 16.6 Å². The summed E-state index contributed by atoms with van der Waals surface area (Å²) < 4.78 is 0. The molecule has 2 aromatic rings. The summed E-state index contributed by atoms with van der Waals surface area (Å²) in [4.78, 5) is 3.97. The fourth-order valence-corrected chi connectivity index (χ4v) is 2.38. The van der Waals surface area contributed by atoms with Crippen LogP contribution in [0.15, 0.2) is 48.8 Å². The van der Waals surface area contributed by atoms with E-state index in [2.05, 4.69) is 62.3 Å². The maximum atomic E-state index is 10.2. The molecular weight excluding hydrogens is 272 g/mol. The van der Waals surface area contributed by atoms with Gasteiger partial charge in [-0.25, -0.2) is 0 Å². The number of rotatable bonds is 5. The molecule has 0 saturated carbocycles. The largest absolute Gasteiger partial charge is 0.387 e. The van der Waals surface area contributed by atoms with Crippen LogP contribution in [0.1, 0.15) is 56.5 Å². The van der Waals surface area contributed by atoms with Crippen molar-refractivity contribution < 1.29 is 5.11 Å². The van der Waals surface area contributed by atoms with Crippen molar-refractivity contribution in [3.8, 4) is 0 Å². The average molecular weight is 298 g/mol. The molecule has 2 N–H and O–H groups in total. The molecule has 0 spiro atoms. The topological polar surface area (TPSA) is 45.1 Å². The summed E-state index contributed by atoms with van der Waals surface area (Å²) in [5.74, 6) is 0. The fraction of sp³-hybridized carbons (Fsp3) is 0.421. The van der Waals surface area contributed by atoms with Crippen LogP contribution >= 0.6 is 0 Å². The zero-order valence-electron chi connectivity index (χ0n) is 13.9. The Labute approximate surface area is 133 Å². The van der Waals surface area contributed by atoms with E-state index in [-0.39, 0.29) is 11.5 Å². The lowest BCUT2D eigenvalue weighted by atomic mass is 9.86. The standard InChI is InChI=1S/C19H26N2O/c1-14(15-5-7-17(8-6-15)19(2,3)4)21-13-18(22)16-9-11-20-12-10-16/h5-12,14,18,21-22H,13H2,1-4H3. The third-order valence-corrected chi connectivity index (χ3v) is 3.98. The first-order valence-electron chi connectivity index (χ1n) is 7.80. The van der Waals surface area contributed by atoms with E-state index in [0.29, 0.717) is 6.54 Å². The first kappa shape index (κ1) is 16.7. The van der Waals surface area contributed by atoms with E-state index in [1.54, 1.807) is 12.4 Å². The molecule has 0 aliphatic rings. The van der Waals surface area contributed by atoms with Gasteiger partial charge in [-0.3, -0.25) is 4.98 Å². The minimum absolute atomic E-state index is 0.173. The number of hydrogen-bond donors (Lipinski definition) is 2. The van der Waals surface area contributed by atoms with Gasteiger partial charge in [0.1, 0.15) is 0 Å². The highest BCUT2D eigenvalue weighted by Gasteiger charge is 2.14. The van der Waals surface area contributed by atoms with Crippen molar-refractivity contribution in [2.75, 3.05) is 6.54 Å². The lowest BCUT2D eigenvalue weighted by Gasteiger charge is -2.21. The van der Waals surface area contributed by atoms with Gasteiger partial charge < -0.3 is 10.4 Å². The van der Waals surface area contributed by atoms with E-state index in [1.165, 1.54) is 11.1 Å². The number of benzene rings is 1. The molecule has 2 atom stereocenters. The highest BCUT2D eigenvalue weighted by atomic mass is 16.3. The van der Waals surface area contributed by atoms with Crippen molar-refractivity contribution >= 4 is 0 Å². The molecule has 0 radical (unpaired) electrons. The number of pyridine rings is 1. The van der Waals surface area contributed by atoms with Gasteiger partial charge in [0.25, 0.3) is 0 Å². The number of hydrogen-bond acceptors (Lipinski definition) is 3. The van der Waals surface area contributed by atoms with Crippen LogP contribution in [0.5, 0.6) is 0 Å². The molecule has 1 aromatic heterocycles. The first-order chi connectivity index (χ1) is 10.4. The van der Waals surface area contributed by atoms with Crippen LogP contribution in [0.25, 0.3) is 0 Å². The molecular formula is C19H26N2O. The summed E-state index contributed by atoms with van der Waals surface area (Å²) in [5, 5.41) is 13.6. The van der Waals surface area contributed by atoms with E-state index in [1.807, 2.05) is 12.1 Å². The van der Waals surface area contributed by atoms with Gasteiger partial charge in [-0.1, -0.05) is 45.0 Å². The molecule has 1 heterocycles. The smallest absolute Gasteiger partial charge is 0.0915 e. The van der Waals surface area contributed by atoms with E-state index in [9.17, 15) is 5.11 Å². The number of aliphatic hydroxyl groups is 1. The Bertz CT molecular complexity index is 573. The molecule has 118 valence electrons. The van der Waals surface area contributed by atoms with Gasteiger partial charge in [0.15, 0.2) is 0 Å². The van der Waals surface area contributed by atoms with Gasteiger partial charge >= 0.3 is 0 Å². The second-order valence-electron chi connectivity index (χ2n) is 6.80. The van der Waals surface area contributed by atoms with Gasteiger partial charge in [-0.2, -0.15) is 0 Å². The molecule has 3 nitrogen and oxygen atoms in total. The second kappa shape index (κ2) is 7.03. The molecule has 0 saturated heterocycles. The summed E-state index contributed by atoms with van der Waals surface area (Å²) in [7, 11) is 0. The predicted octanol–water partition coefficient (Wildman–Crippen LogP) is 3.76. The maximum Gasteiger partial charge on any atom is 0.0915 e. The van der Waals surface area contributed by atoms with E-state index < -0.39 is 6.10 Å². The lowest BCUT2D eigenvalue weighted by molar-refractivity contribution is 0.170. The summed E-state index contributed by atoms with van der Waals surface area (Å²) in [5.41, 5.74) is 3.63. The molecule has 0 amide bonds. The second-order valence-corrected chi connectivity index (χ2v) is 6.80. The Morgan fingerprint density at radius 1 is 1.00 bits per heavy atom. The zero-order valence-corrected chi connectivity index (χ0v) is 13.9. The Morgan fingerprint density at radius 2 is 1.59 bits per heavy atom. The molecule has 2 rings (SSSR count). The average Bonchev–Trinajstić information content (AvgIpc) is 2.52. The van der Waals surface area contributed by atoms with Crippen LogP contribution < -0.4 is 5.32 Å². The normalized spacial score (nSPS) is 14.6. The molecule has 22 heavy (non-hydrogen) atoms. The van der Waals surface area contributed by atoms with Gasteiger partial charge in [0.05, 0.1) is 6.10 Å². The summed E-state index contributed by atoms with van der Waals surface area (Å²) >= 11 is 0. The maximum absolute atomic E-state index is 10.2. The first-order valence-corrected chi connectivity index (χ1v) is 7.80. The van der Waals surface area contributed by atoms with Crippen LogP contribution in [-0.2, 0) is 5.41 Å². The van der Waals surface area contributed by atoms with Gasteiger partial charge in [-0.15, -0.1) is 0 Å². The third-order valence-electron chi connectivity index (χ3n) is 3.98. The number of nitrogens with one attached hydrogen (secondary N) is 1. The van der Waals surface area contributed by atoms with Crippen LogP contribution in [0, 0.1) is 0 Å².